The number of carbonyl (C=O) groups is 1. The molecular weight excluding hydrogens is 426 g/mol. The van der Waals surface area contributed by atoms with Crippen molar-refractivity contribution in [2.24, 2.45) is 0 Å². The zero-order valence-electron chi connectivity index (χ0n) is 11.7. The molecule has 118 valence electrons. The first-order valence-electron chi connectivity index (χ1n) is 6.24. The van der Waals surface area contributed by atoms with Crippen molar-refractivity contribution in [1.82, 2.24) is 9.62 Å². The molecule has 0 aromatic heterocycles. The first-order chi connectivity index (χ1) is 9.72. The number of nitrogens with two attached hydrogens (primary N) is 1. The molecule has 0 bridgehead atoms. The molecule has 0 fully saturated rings. The summed E-state index contributed by atoms with van der Waals surface area (Å²) >= 11 is 6.35. The minimum absolute atomic E-state index is 0.0176. The molecule has 9 heteroatoms. The molecule has 1 aromatic rings. The lowest BCUT2D eigenvalue weighted by molar-refractivity contribution is -0.129. The number of nitrogens with zero attached hydrogens (tertiary/aromatic N) is 1. The average Bonchev–Trinajstić information content (AvgIpc) is 2.36. The van der Waals surface area contributed by atoms with Crippen LogP contribution in [0.3, 0.4) is 0 Å². The molecule has 0 atom stereocenters. The molecule has 0 aliphatic carbocycles. The minimum atomic E-state index is -3.83. The summed E-state index contributed by atoms with van der Waals surface area (Å²) in [5.74, 6) is -0.272. The Kier molecular flexibility index (Phi) is 6.64. The van der Waals surface area contributed by atoms with Gasteiger partial charge in [-0.15, -0.1) is 0 Å². The number of carbonyl (C=O) groups excluding carboxylic acids is 1. The molecule has 3 N–H and O–H groups in total. The number of likely N-dealkylation sites (N-methyl/N-ethyl adjacent to an activating group) is 1. The Labute approximate surface area is 141 Å². The molecule has 21 heavy (non-hydrogen) atoms. The molecule has 0 radical (unpaired) electrons. The Morgan fingerprint density at radius 1 is 1.24 bits per heavy atom. The summed E-state index contributed by atoms with van der Waals surface area (Å²) in [6.07, 6.45) is 0. The standard InChI is InChI=1S/C12H17Br2N3O3S/c1-3-17(4-2)11(18)7-16-21(19,20)12-9(13)5-8(15)6-10(12)14/h5-6,16H,3-4,7,15H2,1-2H3. The van der Waals surface area contributed by atoms with E-state index in [1.54, 1.807) is 4.90 Å². The molecule has 1 rings (SSSR count). The fourth-order valence-corrected chi connectivity index (χ4v) is 5.34. The van der Waals surface area contributed by atoms with Gasteiger partial charge in [0.2, 0.25) is 15.9 Å². The third-order valence-electron chi connectivity index (χ3n) is 2.82. The van der Waals surface area contributed by atoms with E-state index in [1.165, 1.54) is 12.1 Å². The van der Waals surface area contributed by atoms with E-state index in [2.05, 4.69) is 36.6 Å². The SMILES string of the molecule is CCN(CC)C(=O)CNS(=O)(=O)c1c(Br)cc(N)cc1Br. The lowest BCUT2D eigenvalue weighted by Crippen LogP contribution is -2.40. The van der Waals surface area contributed by atoms with Crippen LogP contribution in [0.4, 0.5) is 5.69 Å². The molecule has 1 amide bonds. The van der Waals surface area contributed by atoms with Crippen LogP contribution in [0.1, 0.15) is 13.8 Å². The number of sulfonamides is 1. The van der Waals surface area contributed by atoms with Gasteiger partial charge in [0.1, 0.15) is 4.90 Å². The number of nitrogen functional groups attached to an aromatic ring is 1. The first-order valence-corrected chi connectivity index (χ1v) is 9.31. The monoisotopic (exact) mass is 441 g/mol. The van der Waals surface area contributed by atoms with Gasteiger partial charge in [0, 0.05) is 27.7 Å². The first kappa shape index (κ1) is 18.4. The largest absolute Gasteiger partial charge is 0.399 e. The van der Waals surface area contributed by atoms with Crippen molar-refractivity contribution in [3.63, 3.8) is 0 Å². The van der Waals surface area contributed by atoms with Crippen LogP contribution >= 0.6 is 31.9 Å². The fourth-order valence-electron chi connectivity index (χ4n) is 1.75. The van der Waals surface area contributed by atoms with Gasteiger partial charge >= 0.3 is 0 Å². The summed E-state index contributed by atoms with van der Waals surface area (Å²) in [5.41, 5.74) is 6.06. The number of anilines is 1. The van der Waals surface area contributed by atoms with Gasteiger partial charge in [0.05, 0.1) is 6.54 Å². The van der Waals surface area contributed by atoms with E-state index in [0.717, 1.165) is 0 Å². The minimum Gasteiger partial charge on any atom is -0.399 e. The normalized spacial score (nSPS) is 11.4. The van der Waals surface area contributed by atoms with Crippen molar-refractivity contribution in [2.75, 3.05) is 25.4 Å². The number of amides is 1. The van der Waals surface area contributed by atoms with E-state index in [1.807, 2.05) is 13.8 Å². The number of benzene rings is 1. The van der Waals surface area contributed by atoms with Crippen LogP contribution in [0.2, 0.25) is 0 Å². The quantitative estimate of drug-likeness (QED) is 0.658. The van der Waals surface area contributed by atoms with Crippen molar-refractivity contribution in [2.45, 2.75) is 18.7 Å². The highest BCUT2D eigenvalue weighted by atomic mass is 79.9. The molecular formula is C12H17Br2N3O3S. The van der Waals surface area contributed by atoms with Gasteiger partial charge in [0.15, 0.2) is 0 Å². The summed E-state index contributed by atoms with van der Waals surface area (Å²) in [5, 5.41) is 0. The second-order valence-corrected chi connectivity index (χ2v) is 7.62. The number of rotatable bonds is 6. The fraction of sp³-hybridized carbons (Fsp3) is 0.417. The molecule has 0 spiro atoms. The highest BCUT2D eigenvalue weighted by Crippen LogP contribution is 2.32. The second-order valence-electron chi connectivity index (χ2n) is 4.20. The van der Waals surface area contributed by atoms with E-state index >= 15 is 0 Å². The summed E-state index contributed by atoms with van der Waals surface area (Å²) < 4.78 is 27.6. The zero-order valence-corrected chi connectivity index (χ0v) is 15.7. The van der Waals surface area contributed by atoms with Crippen LogP contribution in [0, 0.1) is 0 Å². The van der Waals surface area contributed by atoms with Crippen LogP contribution in [-0.4, -0.2) is 38.9 Å². The van der Waals surface area contributed by atoms with Gasteiger partial charge in [-0.05, 0) is 57.8 Å². The van der Waals surface area contributed by atoms with Crippen LogP contribution in [0.15, 0.2) is 26.0 Å². The van der Waals surface area contributed by atoms with E-state index in [-0.39, 0.29) is 17.3 Å². The smallest absolute Gasteiger partial charge is 0.243 e. The maximum absolute atomic E-state index is 12.3. The topological polar surface area (TPSA) is 92.5 Å². The summed E-state index contributed by atoms with van der Waals surface area (Å²) in [4.78, 5) is 13.4. The Balaban J connectivity index is 2.96. The van der Waals surface area contributed by atoms with E-state index in [9.17, 15) is 13.2 Å². The van der Waals surface area contributed by atoms with Crippen LogP contribution < -0.4 is 10.5 Å². The maximum Gasteiger partial charge on any atom is 0.243 e. The molecule has 1 aromatic carbocycles. The van der Waals surface area contributed by atoms with Crippen molar-refractivity contribution in [3.8, 4) is 0 Å². The third-order valence-corrected chi connectivity index (χ3v) is 6.10. The second kappa shape index (κ2) is 7.57. The number of hydrogen-bond donors (Lipinski definition) is 2. The Bertz CT molecular complexity index is 608. The lowest BCUT2D eigenvalue weighted by atomic mass is 10.3. The van der Waals surface area contributed by atoms with E-state index < -0.39 is 10.0 Å². The zero-order chi connectivity index (χ0) is 16.2. The summed E-state index contributed by atoms with van der Waals surface area (Å²) in [7, 11) is -3.83. The average molecular weight is 443 g/mol. The van der Waals surface area contributed by atoms with Crippen molar-refractivity contribution >= 4 is 53.5 Å². The summed E-state index contributed by atoms with van der Waals surface area (Å²) in [6.45, 7) is 4.46. The molecule has 6 nitrogen and oxygen atoms in total. The number of halogens is 2. The van der Waals surface area contributed by atoms with Crippen LogP contribution in [0.25, 0.3) is 0 Å². The predicted octanol–water partition coefficient (Wildman–Crippen LogP) is 1.94. The molecule has 0 saturated heterocycles. The van der Waals surface area contributed by atoms with Crippen LogP contribution in [0.5, 0.6) is 0 Å². The van der Waals surface area contributed by atoms with E-state index in [4.69, 9.17) is 5.73 Å². The molecule has 0 aliphatic heterocycles. The van der Waals surface area contributed by atoms with Gasteiger partial charge in [-0.2, -0.15) is 0 Å². The highest BCUT2D eigenvalue weighted by Gasteiger charge is 2.23. The molecule has 0 unspecified atom stereocenters. The van der Waals surface area contributed by atoms with Gasteiger partial charge in [-0.3, -0.25) is 4.79 Å². The summed E-state index contributed by atoms with van der Waals surface area (Å²) in [6, 6.07) is 2.98. The van der Waals surface area contributed by atoms with Crippen molar-refractivity contribution in [1.29, 1.82) is 0 Å². The predicted molar refractivity (Wildman–Crippen MR) is 89.4 cm³/mol. The van der Waals surface area contributed by atoms with Crippen LogP contribution in [-0.2, 0) is 14.8 Å². The van der Waals surface area contributed by atoms with Gasteiger partial charge in [-0.25, -0.2) is 13.1 Å². The Morgan fingerprint density at radius 2 is 1.71 bits per heavy atom. The Morgan fingerprint density at radius 3 is 2.14 bits per heavy atom. The van der Waals surface area contributed by atoms with Crippen molar-refractivity contribution < 1.29 is 13.2 Å². The molecule has 0 saturated carbocycles. The Hall–Kier alpha value is -0.640. The third kappa shape index (κ3) is 4.67. The van der Waals surface area contributed by atoms with Crippen molar-refractivity contribution in [3.05, 3.63) is 21.1 Å². The number of hydrogen-bond acceptors (Lipinski definition) is 4. The number of nitrogens with one attached hydrogen (secondary N) is 1. The lowest BCUT2D eigenvalue weighted by Gasteiger charge is -2.19. The van der Waals surface area contributed by atoms with Gasteiger partial charge in [0.25, 0.3) is 0 Å². The maximum atomic E-state index is 12.3. The van der Waals surface area contributed by atoms with Gasteiger partial charge in [-0.1, -0.05) is 0 Å². The highest BCUT2D eigenvalue weighted by molar-refractivity contribution is 9.11. The molecule has 0 heterocycles. The van der Waals surface area contributed by atoms with Gasteiger partial charge < -0.3 is 10.6 Å². The molecule has 0 aliphatic rings. The van der Waals surface area contributed by atoms with E-state index in [0.29, 0.717) is 27.7 Å².